The maximum atomic E-state index is 14.8. The number of cyclic esters (lactones) is 1. The van der Waals surface area contributed by atoms with Crippen molar-refractivity contribution in [1.29, 1.82) is 0 Å². The van der Waals surface area contributed by atoms with Crippen LogP contribution in [0.5, 0.6) is 0 Å². The highest BCUT2D eigenvalue weighted by atomic mass is 19.1. The van der Waals surface area contributed by atoms with Crippen LogP contribution >= 0.6 is 0 Å². The molecule has 31 heavy (non-hydrogen) atoms. The second-order valence-corrected chi connectivity index (χ2v) is 7.35. The summed E-state index contributed by atoms with van der Waals surface area (Å²) >= 11 is 0. The van der Waals surface area contributed by atoms with Crippen LogP contribution in [0, 0.1) is 5.82 Å². The lowest BCUT2D eigenvalue weighted by molar-refractivity contribution is -0.121. The van der Waals surface area contributed by atoms with Crippen molar-refractivity contribution in [2.24, 2.45) is 0 Å². The van der Waals surface area contributed by atoms with E-state index in [-0.39, 0.29) is 25.7 Å². The van der Waals surface area contributed by atoms with Gasteiger partial charge in [0, 0.05) is 18.5 Å². The fourth-order valence-corrected chi connectivity index (χ4v) is 3.32. The van der Waals surface area contributed by atoms with Crippen LogP contribution in [0.1, 0.15) is 25.3 Å². The van der Waals surface area contributed by atoms with Gasteiger partial charge in [0.05, 0.1) is 25.5 Å². The van der Waals surface area contributed by atoms with Gasteiger partial charge in [0.2, 0.25) is 5.91 Å². The Bertz CT molecular complexity index is 905. The normalized spacial score (nSPS) is 15.8. The number of anilines is 1. The molecule has 3 rings (SSSR count). The Balaban J connectivity index is 1.63. The number of amides is 2. The molecule has 166 valence electrons. The smallest absolute Gasteiger partial charge is 0.414 e. The Kier molecular flexibility index (Phi) is 7.94. The van der Waals surface area contributed by atoms with Gasteiger partial charge in [-0.1, -0.05) is 31.2 Å². The number of carbonyl (C=O) groups excluding carboxylic acids is 2. The van der Waals surface area contributed by atoms with E-state index in [0.717, 1.165) is 11.1 Å². The lowest BCUT2D eigenvalue weighted by atomic mass is 10.0. The minimum atomic E-state index is -0.562. The molecule has 2 aromatic rings. The van der Waals surface area contributed by atoms with Crippen LogP contribution in [-0.2, 0) is 16.1 Å². The molecule has 2 amide bonds. The van der Waals surface area contributed by atoms with Crippen LogP contribution in [0.3, 0.4) is 0 Å². The monoisotopic (exact) mass is 431 g/mol. The molecule has 0 bridgehead atoms. The molecule has 0 spiro atoms. The predicted octanol–water partition coefficient (Wildman–Crippen LogP) is 3.79. The second-order valence-electron chi connectivity index (χ2n) is 7.35. The Morgan fingerprint density at radius 3 is 2.68 bits per heavy atom. The number of nitrogens with one attached hydrogen (secondary N) is 2. The summed E-state index contributed by atoms with van der Waals surface area (Å²) in [5.74, 6) is -0.562. The summed E-state index contributed by atoms with van der Waals surface area (Å²) in [6.45, 7) is 3.10. The first kappa shape index (κ1) is 22.7. The molecule has 1 aliphatic heterocycles. The van der Waals surface area contributed by atoms with Gasteiger partial charge in [0.1, 0.15) is 11.9 Å². The number of benzene rings is 2. The zero-order valence-corrected chi connectivity index (χ0v) is 17.5. The molecule has 1 unspecified atom stereocenters. The fraction of sp³-hybridized carbons (Fsp3) is 0.391. The van der Waals surface area contributed by atoms with Crippen molar-refractivity contribution in [3.8, 4) is 11.1 Å². The quantitative estimate of drug-likeness (QED) is 0.562. The van der Waals surface area contributed by atoms with Crippen molar-refractivity contribution in [2.45, 2.75) is 32.4 Å². The van der Waals surface area contributed by atoms with E-state index in [9.17, 15) is 18.4 Å². The van der Waals surface area contributed by atoms with Crippen molar-refractivity contribution < 1.29 is 23.1 Å². The Morgan fingerprint density at radius 1 is 1.23 bits per heavy atom. The van der Waals surface area contributed by atoms with E-state index < -0.39 is 18.0 Å². The summed E-state index contributed by atoms with van der Waals surface area (Å²) in [7, 11) is 0. The minimum Gasteiger partial charge on any atom is -0.442 e. The molecule has 1 fully saturated rings. The van der Waals surface area contributed by atoms with Crippen LogP contribution in [0.4, 0.5) is 19.3 Å². The summed E-state index contributed by atoms with van der Waals surface area (Å²) in [5.41, 5.74) is 2.59. The van der Waals surface area contributed by atoms with Crippen LogP contribution < -0.4 is 15.5 Å². The molecule has 0 radical (unpaired) electrons. The number of hydrogen-bond acceptors (Lipinski definition) is 4. The molecule has 0 saturated carbocycles. The van der Waals surface area contributed by atoms with Crippen LogP contribution in [-0.4, -0.2) is 44.4 Å². The first-order valence-corrected chi connectivity index (χ1v) is 10.4. The molecule has 1 aliphatic rings. The van der Waals surface area contributed by atoms with Gasteiger partial charge in [-0.15, -0.1) is 0 Å². The van der Waals surface area contributed by atoms with Crippen LogP contribution in [0.15, 0.2) is 42.5 Å². The maximum Gasteiger partial charge on any atom is 0.414 e. The zero-order chi connectivity index (χ0) is 22.2. The molecule has 1 heterocycles. The number of hydrogen-bond donors (Lipinski definition) is 2. The number of carbonyl (C=O) groups is 2. The van der Waals surface area contributed by atoms with Gasteiger partial charge in [-0.3, -0.25) is 14.1 Å². The lowest BCUT2D eigenvalue weighted by Crippen LogP contribution is -2.34. The maximum absolute atomic E-state index is 14.8. The van der Waals surface area contributed by atoms with Gasteiger partial charge >= 0.3 is 6.09 Å². The third-order valence-electron chi connectivity index (χ3n) is 5.07. The van der Waals surface area contributed by atoms with Crippen molar-refractivity contribution in [3.63, 3.8) is 0 Å². The number of rotatable bonds is 10. The summed E-state index contributed by atoms with van der Waals surface area (Å²) < 4.78 is 32.2. The van der Waals surface area contributed by atoms with E-state index in [1.54, 1.807) is 19.1 Å². The van der Waals surface area contributed by atoms with Crippen molar-refractivity contribution >= 4 is 17.7 Å². The van der Waals surface area contributed by atoms with E-state index in [0.29, 0.717) is 37.2 Å². The van der Waals surface area contributed by atoms with E-state index in [4.69, 9.17) is 4.74 Å². The van der Waals surface area contributed by atoms with Crippen LogP contribution in [0.2, 0.25) is 0 Å². The molecule has 2 aromatic carbocycles. The van der Waals surface area contributed by atoms with Gasteiger partial charge in [-0.25, -0.2) is 9.18 Å². The molecular formula is C23H27F2N3O3. The molecule has 8 heteroatoms. The highest BCUT2D eigenvalue weighted by Crippen LogP contribution is 2.29. The number of nitrogens with zero attached hydrogens (tertiary/aromatic N) is 1. The topological polar surface area (TPSA) is 70.7 Å². The van der Waals surface area contributed by atoms with Gasteiger partial charge in [0.25, 0.3) is 0 Å². The average molecular weight is 431 g/mol. The third kappa shape index (κ3) is 6.01. The molecule has 0 aromatic heterocycles. The van der Waals surface area contributed by atoms with Crippen LogP contribution in [0.25, 0.3) is 11.1 Å². The molecule has 0 aliphatic carbocycles. The molecule has 1 atom stereocenters. The van der Waals surface area contributed by atoms with Crippen molar-refractivity contribution in [1.82, 2.24) is 10.6 Å². The van der Waals surface area contributed by atoms with E-state index in [2.05, 4.69) is 10.6 Å². The second kappa shape index (κ2) is 10.9. The molecular weight excluding hydrogens is 404 g/mol. The first-order valence-electron chi connectivity index (χ1n) is 10.4. The fourth-order valence-electron chi connectivity index (χ4n) is 3.32. The molecule has 6 nitrogen and oxygen atoms in total. The summed E-state index contributed by atoms with van der Waals surface area (Å²) in [4.78, 5) is 24.9. The summed E-state index contributed by atoms with van der Waals surface area (Å²) in [6, 6.07) is 12.1. The SMILES string of the molecule is CCC(=O)NCC1CN(c2ccc(-c3ccc(CNCCCF)cc3)c(F)c2)C(=O)O1. The molecule has 1 saturated heterocycles. The number of halogens is 2. The highest BCUT2D eigenvalue weighted by molar-refractivity contribution is 5.90. The predicted molar refractivity (Wildman–Crippen MR) is 115 cm³/mol. The van der Waals surface area contributed by atoms with Crippen molar-refractivity contribution in [3.05, 3.63) is 53.8 Å². The highest BCUT2D eigenvalue weighted by Gasteiger charge is 2.32. The van der Waals surface area contributed by atoms with Crippen molar-refractivity contribution in [2.75, 3.05) is 31.2 Å². The van der Waals surface area contributed by atoms with Gasteiger partial charge in [-0.2, -0.15) is 0 Å². The Morgan fingerprint density at radius 2 is 2.00 bits per heavy atom. The van der Waals surface area contributed by atoms with E-state index in [1.807, 2.05) is 24.3 Å². The summed E-state index contributed by atoms with van der Waals surface area (Å²) in [6.07, 6.45) is -0.202. The van der Waals surface area contributed by atoms with Gasteiger partial charge in [0.15, 0.2) is 0 Å². The average Bonchev–Trinajstić information content (AvgIpc) is 3.16. The van der Waals surface area contributed by atoms with Gasteiger partial charge in [-0.05, 0) is 42.3 Å². The first-order chi connectivity index (χ1) is 15.0. The standard InChI is InChI=1S/C23H27F2N3O3/c1-2-22(29)27-14-19-15-28(23(30)31-19)18-8-9-20(21(25)12-18)17-6-4-16(5-7-17)13-26-11-3-10-24/h4-9,12,19,26H,2-3,10-11,13-15H2,1H3,(H,27,29). The number of ether oxygens (including phenoxy) is 1. The Hall–Kier alpha value is -3.00. The third-order valence-corrected chi connectivity index (χ3v) is 5.07. The lowest BCUT2D eigenvalue weighted by Gasteiger charge is -2.15. The number of alkyl halides is 1. The largest absolute Gasteiger partial charge is 0.442 e. The van der Waals surface area contributed by atoms with Gasteiger partial charge < -0.3 is 15.4 Å². The zero-order valence-electron chi connectivity index (χ0n) is 17.5. The van der Waals surface area contributed by atoms with E-state index >= 15 is 0 Å². The van der Waals surface area contributed by atoms with E-state index in [1.165, 1.54) is 11.0 Å². The Labute approximate surface area is 180 Å². The minimum absolute atomic E-state index is 0.119. The molecule has 2 N–H and O–H groups in total. The summed E-state index contributed by atoms with van der Waals surface area (Å²) in [5, 5.41) is 5.85.